The molecule has 1 heterocycles. The van der Waals surface area contributed by atoms with Gasteiger partial charge in [-0.3, -0.25) is 0 Å². The number of nitriles is 1. The quantitative estimate of drug-likeness (QED) is 0.857. The Kier molecular flexibility index (Phi) is 4.96. The maximum absolute atomic E-state index is 12.5. The van der Waals surface area contributed by atoms with Crippen molar-refractivity contribution < 1.29 is 8.42 Å². The van der Waals surface area contributed by atoms with Gasteiger partial charge in [-0.2, -0.15) is 9.98 Å². The molecule has 1 aliphatic rings. The molecule has 2 rings (SSSR count). The highest BCUT2D eigenvalue weighted by molar-refractivity contribution is 9.10. The van der Waals surface area contributed by atoms with Crippen molar-refractivity contribution in [1.29, 1.82) is 5.26 Å². The summed E-state index contributed by atoms with van der Waals surface area (Å²) in [6, 6.07) is 6.50. The summed E-state index contributed by atoms with van der Waals surface area (Å²) in [4.78, 5) is 2.16. The minimum absolute atomic E-state index is 0.0901. The lowest BCUT2D eigenvalue weighted by molar-refractivity contribution is 0.213. The number of likely N-dealkylation sites (tertiary alicyclic amines) is 1. The molecular formula is C13H15BrClN3O2S. The highest BCUT2D eigenvalue weighted by atomic mass is 79.9. The fraction of sp³-hybridized carbons (Fsp3) is 0.462. The second-order valence-corrected chi connectivity index (χ2v) is 8.12. The predicted octanol–water partition coefficient (Wildman–Crippen LogP) is 2.37. The average molecular weight is 393 g/mol. The topological polar surface area (TPSA) is 73.2 Å². The summed E-state index contributed by atoms with van der Waals surface area (Å²) in [5, 5.41) is 9.84. The minimum atomic E-state index is -3.77. The highest BCUT2D eigenvalue weighted by Gasteiger charge is 2.38. The third-order valence-electron chi connectivity index (χ3n) is 3.59. The molecular weight excluding hydrogens is 378 g/mol. The Morgan fingerprint density at radius 3 is 2.57 bits per heavy atom. The van der Waals surface area contributed by atoms with E-state index in [9.17, 15) is 13.7 Å². The predicted molar refractivity (Wildman–Crippen MR) is 84.5 cm³/mol. The summed E-state index contributed by atoms with van der Waals surface area (Å²) in [5.74, 6) is 0. The van der Waals surface area contributed by atoms with Gasteiger partial charge in [0.2, 0.25) is 10.0 Å². The van der Waals surface area contributed by atoms with Crippen molar-refractivity contribution >= 4 is 37.6 Å². The molecule has 0 spiro atoms. The van der Waals surface area contributed by atoms with Crippen LogP contribution in [0.2, 0.25) is 5.02 Å². The SMILES string of the molecule is CN1CCC(C#N)(NS(=O)(=O)c2ccc(Cl)c(Br)c2)CC1. The number of hydrogen-bond acceptors (Lipinski definition) is 4. The molecule has 1 aliphatic heterocycles. The van der Waals surface area contributed by atoms with Crippen LogP contribution < -0.4 is 4.72 Å². The summed E-state index contributed by atoms with van der Waals surface area (Å²) < 4.78 is 28.0. The first-order valence-electron chi connectivity index (χ1n) is 6.37. The molecule has 1 fully saturated rings. The van der Waals surface area contributed by atoms with Gasteiger partial charge < -0.3 is 4.90 Å². The Balaban J connectivity index is 2.28. The number of rotatable bonds is 3. The zero-order valence-electron chi connectivity index (χ0n) is 11.4. The number of benzene rings is 1. The second-order valence-electron chi connectivity index (χ2n) is 5.18. The number of hydrogen-bond donors (Lipinski definition) is 1. The van der Waals surface area contributed by atoms with E-state index in [-0.39, 0.29) is 4.90 Å². The molecule has 1 aromatic rings. The van der Waals surface area contributed by atoms with Crippen LogP contribution in [0.4, 0.5) is 0 Å². The van der Waals surface area contributed by atoms with Gasteiger partial charge in [0.15, 0.2) is 0 Å². The van der Waals surface area contributed by atoms with Crippen LogP contribution in [0.1, 0.15) is 12.8 Å². The van der Waals surface area contributed by atoms with Crippen molar-refractivity contribution in [2.24, 2.45) is 0 Å². The second kappa shape index (κ2) is 6.23. The van der Waals surface area contributed by atoms with Gasteiger partial charge in [-0.25, -0.2) is 8.42 Å². The van der Waals surface area contributed by atoms with Gasteiger partial charge in [0.05, 0.1) is 16.0 Å². The molecule has 8 heteroatoms. The van der Waals surface area contributed by atoms with Gasteiger partial charge in [-0.1, -0.05) is 11.6 Å². The van der Waals surface area contributed by atoms with E-state index in [4.69, 9.17) is 11.6 Å². The summed E-state index contributed by atoms with van der Waals surface area (Å²) in [7, 11) is -1.82. The maximum Gasteiger partial charge on any atom is 0.241 e. The molecule has 0 unspecified atom stereocenters. The van der Waals surface area contributed by atoms with E-state index in [1.54, 1.807) is 0 Å². The lowest BCUT2D eigenvalue weighted by Gasteiger charge is -2.35. The van der Waals surface area contributed by atoms with Crippen LogP contribution in [0, 0.1) is 11.3 Å². The number of nitrogens with zero attached hydrogens (tertiary/aromatic N) is 2. The van der Waals surface area contributed by atoms with Crippen LogP contribution in [-0.4, -0.2) is 39.0 Å². The van der Waals surface area contributed by atoms with E-state index in [1.807, 2.05) is 7.05 Å². The van der Waals surface area contributed by atoms with Crippen LogP contribution in [0.3, 0.4) is 0 Å². The van der Waals surface area contributed by atoms with Crippen LogP contribution in [0.5, 0.6) is 0 Å². The number of sulfonamides is 1. The first-order chi connectivity index (χ1) is 9.78. The van der Waals surface area contributed by atoms with E-state index < -0.39 is 15.6 Å². The normalized spacial score (nSPS) is 19.1. The standard InChI is InChI=1S/C13H15BrClN3O2S/c1-18-6-4-13(9-16,5-7-18)17-21(19,20)10-2-3-12(15)11(14)8-10/h2-3,8,17H,4-7H2,1H3. The summed E-state index contributed by atoms with van der Waals surface area (Å²) >= 11 is 9.08. The Labute approximate surface area is 138 Å². The van der Waals surface area contributed by atoms with Crippen LogP contribution >= 0.6 is 27.5 Å². The Bertz CT molecular complexity index is 679. The van der Waals surface area contributed by atoms with Gasteiger partial charge >= 0.3 is 0 Å². The third-order valence-corrected chi connectivity index (χ3v) is 6.33. The average Bonchev–Trinajstić information content (AvgIpc) is 2.44. The van der Waals surface area contributed by atoms with E-state index in [0.29, 0.717) is 35.4 Å². The van der Waals surface area contributed by atoms with Crippen molar-refractivity contribution in [3.8, 4) is 6.07 Å². The van der Waals surface area contributed by atoms with Crippen LogP contribution in [0.25, 0.3) is 0 Å². The van der Waals surface area contributed by atoms with Crippen molar-refractivity contribution in [1.82, 2.24) is 9.62 Å². The van der Waals surface area contributed by atoms with Crippen LogP contribution in [0.15, 0.2) is 27.6 Å². The Morgan fingerprint density at radius 2 is 2.05 bits per heavy atom. The van der Waals surface area contributed by atoms with Gasteiger partial charge in [0.1, 0.15) is 5.54 Å². The first kappa shape index (κ1) is 16.7. The Hall–Kier alpha value is -0.650. The van der Waals surface area contributed by atoms with Crippen molar-refractivity contribution in [2.45, 2.75) is 23.3 Å². The van der Waals surface area contributed by atoms with Gasteiger partial charge in [-0.05, 0) is 54.0 Å². The molecule has 114 valence electrons. The van der Waals surface area contributed by atoms with E-state index in [1.165, 1.54) is 18.2 Å². The van der Waals surface area contributed by atoms with Crippen molar-refractivity contribution in [2.75, 3.05) is 20.1 Å². The monoisotopic (exact) mass is 391 g/mol. The molecule has 1 N–H and O–H groups in total. The van der Waals surface area contributed by atoms with Gasteiger partial charge in [-0.15, -0.1) is 0 Å². The molecule has 0 atom stereocenters. The largest absolute Gasteiger partial charge is 0.306 e. The number of piperidine rings is 1. The molecule has 0 bridgehead atoms. The lowest BCUT2D eigenvalue weighted by Crippen LogP contribution is -2.53. The minimum Gasteiger partial charge on any atom is -0.306 e. The van der Waals surface area contributed by atoms with E-state index in [2.05, 4.69) is 31.6 Å². The summed E-state index contributed by atoms with van der Waals surface area (Å²) in [6.07, 6.45) is 0.933. The molecule has 0 aliphatic carbocycles. The molecule has 0 amide bonds. The zero-order valence-corrected chi connectivity index (χ0v) is 14.6. The lowest BCUT2D eigenvalue weighted by atomic mass is 9.91. The summed E-state index contributed by atoms with van der Waals surface area (Å²) in [5.41, 5.74) is -1.04. The molecule has 0 aromatic heterocycles. The van der Waals surface area contributed by atoms with Gasteiger partial charge in [0, 0.05) is 17.6 Å². The Morgan fingerprint density at radius 1 is 1.43 bits per heavy atom. The van der Waals surface area contributed by atoms with Crippen LogP contribution in [-0.2, 0) is 10.0 Å². The van der Waals surface area contributed by atoms with E-state index in [0.717, 1.165) is 0 Å². The maximum atomic E-state index is 12.5. The first-order valence-corrected chi connectivity index (χ1v) is 9.02. The fourth-order valence-corrected chi connectivity index (χ4v) is 4.25. The molecule has 0 radical (unpaired) electrons. The van der Waals surface area contributed by atoms with Gasteiger partial charge in [0.25, 0.3) is 0 Å². The zero-order chi connectivity index (χ0) is 15.7. The van der Waals surface area contributed by atoms with E-state index >= 15 is 0 Å². The molecule has 0 saturated carbocycles. The third kappa shape index (κ3) is 3.76. The summed E-state index contributed by atoms with van der Waals surface area (Å²) in [6.45, 7) is 1.36. The molecule has 1 saturated heterocycles. The van der Waals surface area contributed by atoms with Crippen molar-refractivity contribution in [3.63, 3.8) is 0 Å². The fourth-order valence-electron chi connectivity index (χ4n) is 2.20. The highest BCUT2D eigenvalue weighted by Crippen LogP contribution is 2.28. The smallest absolute Gasteiger partial charge is 0.241 e. The van der Waals surface area contributed by atoms with Crippen molar-refractivity contribution in [3.05, 3.63) is 27.7 Å². The molecule has 1 aromatic carbocycles. The molecule has 5 nitrogen and oxygen atoms in total. The number of halogens is 2. The molecule has 21 heavy (non-hydrogen) atoms. The number of nitrogens with one attached hydrogen (secondary N) is 1.